The van der Waals surface area contributed by atoms with Gasteiger partial charge in [-0.05, 0) is 18.4 Å². The Kier molecular flexibility index (Phi) is 1.82. The molecule has 2 heteroatoms. The summed E-state index contributed by atoms with van der Waals surface area (Å²) in [4.78, 5) is 4.25. The summed E-state index contributed by atoms with van der Waals surface area (Å²) in [6.45, 7) is 1.86. The van der Waals surface area contributed by atoms with Gasteiger partial charge in [-0.15, -0.1) is 0 Å². The second-order valence-electron chi connectivity index (χ2n) is 2.89. The molecule has 0 atom stereocenters. The van der Waals surface area contributed by atoms with Crippen LogP contribution in [0.3, 0.4) is 0 Å². The Bertz CT molecular complexity index is 333. The molecule has 0 saturated carbocycles. The summed E-state index contributed by atoms with van der Waals surface area (Å²) in [6.07, 6.45) is 10.4. The molecule has 12 heavy (non-hydrogen) atoms. The monoisotopic (exact) mass is 161 g/mol. The summed E-state index contributed by atoms with van der Waals surface area (Å²) in [5, 5.41) is 0. The zero-order chi connectivity index (χ0) is 8.39. The fourth-order valence-corrected chi connectivity index (χ4v) is 1.30. The third-order valence-corrected chi connectivity index (χ3v) is 1.91. The third kappa shape index (κ3) is 1.33. The Labute approximate surface area is 71.6 Å². The molecule has 1 aromatic rings. The Balaban J connectivity index is 2.30. The van der Waals surface area contributed by atoms with Gasteiger partial charge in [0.1, 0.15) is 12.0 Å². The Morgan fingerprint density at radius 2 is 2.33 bits per heavy atom. The van der Waals surface area contributed by atoms with E-state index in [4.69, 9.17) is 4.42 Å². The Hall–Kier alpha value is -1.31. The molecule has 62 valence electrons. The van der Waals surface area contributed by atoms with Gasteiger partial charge in [-0.1, -0.05) is 18.2 Å². The van der Waals surface area contributed by atoms with E-state index in [9.17, 15) is 0 Å². The number of aromatic nitrogens is 1. The number of hydrogen-bond donors (Lipinski definition) is 0. The second-order valence-corrected chi connectivity index (χ2v) is 2.89. The van der Waals surface area contributed by atoms with E-state index in [1.807, 2.05) is 6.92 Å². The fraction of sp³-hybridized carbons (Fsp3) is 0.300. The zero-order valence-electron chi connectivity index (χ0n) is 7.08. The smallest absolute Gasteiger partial charge is 0.191 e. The number of hydrogen-bond acceptors (Lipinski definition) is 2. The second kappa shape index (κ2) is 2.97. The van der Waals surface area contributed by atoms with E-state index in [-0.39, 0.29) is 0 Å². The summed E-state index contributed by atoms with van der Waals surface area (Å²) >= 11 is 0. The van der Waals surface area contributed by atoms with Gasteiger partial charge in [0.2, 0.25) is 0 Å². The maximum atomic E-state index is 5.13. The standard InChI is InChI=1S/C10H11NO/c1-8-11-10(7-12-8)9-5-3-2-4-6-9/h3,5-7H,2,4H2,1H3. The molecule has 1 aliphatic carbocycles. The quantitative estimate of drug-likeness (QED) is 0.633. The van der Waals surface area contributed by atoms with Crippen molar-refractivity contribution in [2.75, 3.05) is 0 Å². The maximum absolute atomic E-state index is 5.13. The summed E-state index contributed by atoms with van der Waals surface area (Å²) in [6, 6.07) is 0. The molecule has 0 bridgehead atoms. The van der Waals surface area contributed by atoms with Crippen LogP contribution < -0.4 is 0 Å². The van der Waals surface area contributed by atoms with Crippen molar-refractivity contribution in [2.24, 2.45) is 0 Å². The van der Waals surface area contributed by atoms with E-state index in [0.717, 1.165) is 24.4 Å². The lowest BCUT2D eigenvalue weighted by Gasteiger charge is -2.01. The molecule has 0 spiro atoms. The van der Waals surface area contributed by atoms with Gasteiger partial charge in [-0.2, -0.15) is 0 Å². The Morgan fingerprint density at radius 1 is 1.42 bits per heavy atom. The van der Waals surface area contributed by atoms with E-state index in [0.29, 0.717) is 0 Å². The predicted molar refractivity (Wildman–Crippen MR) is 47.6 cm³/mol. The molecular formula is C10H11NO. The van der Waals surface area contributed by atoms with Crippen molar-refractivity contribution in [2.45, 2.75) is 19.8 Å². The van der Waals surface area contributed by atoms with Crippen molar-refractivity contribution >= 4 is 5.57 Å². The third-order valence-electron chi connectivity index (χ3n) is 1.91. The summed E-state index contributed by atoms with van der Waals surface area (Å²) in [5.74, 6) is 0.727. The van der Waals surface area contributed by atoms with Crippen LogP contribution in [0.4, 0.5) is 0 Å². The van der Waals surface area contributed by atoms with Gasteiger partial charge in [0.15, 0.2) is 5.89 Å². The van der Waals surface area contributed by atoms with Crippen molar-refractivity contribution in [3.05, 3.63) is 36.1 Å². The summed E-state index contributed by atoms with van der Waals surface area (Å²) in [5.41, 5.74) is 2.13. The van der Waals surface area contributed by atoms with E-state index in [1.54, 1.807) is 6.26 Å². The lowest BCUT2D eigenvalue weighted by Crippen LogP contribution is -1.85. The lowest BCUT2D eigenvalue weighted by molar-refractivity contribution is 0.521. The van der Waals surface area contributed by atoms with Gasteiger partial charge in [-0.25, -0.2) is 4.98 Å². The van der Waals surface area contributed by atoms with Gasteiger partial charge < -0.3 is 4.42 Å². The molecule has 0 radical (unpaired) electrons. The van der Waals surface area contributed by atoms with Gasteiger partial charge in [-0.3, -0.25) is 0 Å². The molecule has 0 saturated heterocycles. The van der Waals surface area contributed by atoms with Crippen LogP contribution in [0.2, 0.25) is 0 Å². The van der Waals surface area contributed by atoms with Crippen LogP contribution in [-0.2, 0) is 0 Å². The lowest BCUT2D eigenvalue weighted by atomic mass is 10.1. The van der Waals surface area contributed by atoms with Crippen LogP contribution in [0.15, 0.2) is 28.9 Å². The normalized spacial score (nSPS) is 16.2. The minimum Gasteiger partial charge on any atom is -0.449 e. The predicted octanol–water partition coefficient (Wildman–Crippen LogP) is 2.72. The first-order valence-electron chi connectivity index (χ1n) is 4.15. The number of nitrogens with zero attached hydrogens (tertiary/aromatic N) is 1. The van der Waals surface area contributed by atoms with Gasteiger partial charge in [0, 0.05) is 6.92 Å². The van der Waals surface area contributed by atoms with Crippen LogP contribution in [0.1, 0.15) is 24.4 Å². The number of oxazole rings is 1. The molecule has 0 amide bonds. The van der Waals surface area contributed by atoms with Crippen LogP contribution in [0.25, 0.3) is 5.57 Å². The van der Waals surface area contributed by atoms with Crippen molar-refractivity contribution in [1.29, 1.82) is 0 Å². The van der Waals surface area contributed by atoms with Crippen molar-refractivity contribution in [1.82, 2.24) is 4.98 Å². The highest BCUT2D eigenvalue weighted by Crippen LogP contribution is 2.20. The van der Waals surface area contributed by atoms with Gasteiger partial charge in [0.05, 0.1) is 0 Å². The summed E-state index contributed by atoms with van der Waals surface area (Å²) in [7, 11) is 0. The van der Waals surface area contributed by atoms with E-state index in [1.165, 1.54) is 5.57 Å². The number of aryl methyl sites for hydroxylation is 1. The first kappa shape index (κ1) is 7.35. The number of allylic oxidation sites excluding steroid dienone is 4. The molecule has 2 rings (SSSR count). The highest BCUT2D eigenvalue weighted by atomic mass is 16.3. The number of rotatable bonds is 1. The fourth-order valence-electron chi connectivity index (χ4n) is 1.30. The minimum absolute atomic E-state index is 0.727. The molecular weight excluding hydrogens is 150 g/mol. The van der Waals surface area contributed by atoms with Crippen LogP contribution >= 0.6 is 0 Å². The molecule has 0 aliphatic heterocycles. The molecule has 0 aromatic carbocycles. The van der Waals surface area contributed by atoms with Crippen LogP contribution in [-0.4, -0.2) is 4.98 Å². The topological polar surface area (TPSA) is 26.0 Å². The highest BCUT2D eigenvalue weighted by molar-refractivity contribution is 5.71. The van der Waals surface area contributed by atoms with E-state index < -0.39 is 0 Å². The van der Waals surface area contributed by atoms with Gasteiger partial charge in [0.25, 0.3) is 0 Å². The molecule has 2 nitrogen and oxygen atoms in total. The average Bonchev–Trinajstić information content (AvgIpc) is 2.54. The van der Waals surface area contributed by atoms with E-state index in [2.05, 4.69) is 23.2 Å². The molecule has 1 aliphatic rings. The van der Waals surface area contributed by atoms with E-state index >= 15 is 0 Å². The summed E-state index contributed by atoms with van der Waals surface area (Å²) < 4.78 is 5.13. The first-order chi connectivity index (χ1) is 5.86. The highest BCUT2D eigenvalue weighted by Gasteiger charge is 2.04. The molecule has 0 fully saturated rings. The minimum atomic E-state index is 0.727. The van der Waals surface area contributed by atoms with Crippen molar-refractivity contribution < 1.29 is 4.42 Å². The van der Waals surface area contributed by atoms with Crippen LogP contribution in [0, 0.1) is 6.92 Å². The van der Waals surface area contributed by atoms with Crippen molar-refractivity contribution in [3.8, 4) is 0 Å². The molecule has 1 aromatic heterocycles. The first-order valence-corrected chi connectivity index (χ1v) is 4.15. The zero-order valence-corrected chi connectivity index (χ0v) is 7.08. The largest absolute Gasteiger partial charge is 0.449 e. The Morgan fingerprint density at radius 3 is 2.92 bits per heavy atom. The van der Waals surface area contributed by atoms with Crippen molar-refractivity contribution in [3.63, 3.8) is 0 Å². The van der Waals surface area contributed by atoms with Crippen LogP contribution in [0.5, 0.6) is 0 Å². The van der Waals surface area contributed by atoms with Gasteiger partial charge >= 0.3 is 0 Å². The maximum Gasteiger partial charge on any atom is 0.191 e. The molecule has 0 N–H and O–H groups in total. The average molecular weight is 161 g/mol. The SMILES string of the molecule is Cc1nc(C2=CCCC=C2)co1. The molecule has 1 heterocycles. The molecule has 0 unspecified atom stereocenters.